The number of unbranched alkanes of at least 4 members (excludes halogenated alkanes) is 1. The summed E-state index contributed by atoms with van der Waals surface area (Å²) in [7, 11) is 2.84. The van der Waals surface area contributed by atoms with Crippen molar-refractivity contribution < 1.29 is 23.8 Å². The Hall–Kier alpha value is -2.24. The minimum atomic E-state index is -0.686. The van der Waals surface area contributed by atoms with Gasteiger partial charge >= 0.3 is 5.97 Å². The van der Waals surface area contributed by atoms with Crippen LogP contribution in [0.5, 0.6) is 11.5 Å². The third-order valence-electron chi connectivity index (χ3n) is 4.14. The van der Waals surface area contributed by atoms with Crippen molar-refractivity contribution in [1.29, 1.82) is 0 Å². The molecular formula is C19H29NO5. The average molecular weight is 351 g/mol. The van der Waals surface area contributed by atoms with E-state index >= 15 is 0 Å². The molecule has 0 aliphatic rings. The number of rotatable bonds is 10. The summed E-state index contributed by atoms with van der Waals surface area (Å²) in [6.07, 6.45) is 2.72. The van der Waals surface area contributed by atoms with Gasteiger partial charge in [0.25, 0.3) is 5.91 Å². The van der Waals surface area contributed by atoms with Gasteiger partial charge in [-0.25, -0.2) is 4.79 Å². The molecule has 1 aromatic rings. The van der Waals surface area contributed by atoms with Crippen LogP contribution in [0.4, 0.5) is 0 Å². The lowest BCUT2D eigenvalue weighted by Crippen LogP contribution is -2.45. The molecule has 0 aliphatic carbocycles. The Morgan fingerprint density at radius 1 is 1.16 bits per heavy atom. The topological polar surface area (TPSA) is 73.9 Å². The molecule has 2 atom stereocenters. The van der Waals surface area contributed by atoms with Crippen molar-refractivity contribution in [3.8, 4) is 11.5 Å². The van der Waals surface area contributed by atoms with Crippen LogP contribution in [-0.4, -0.2) is 38.7 Å². The Balaban J connectivity index is 2.91. The number of nitrogens with one attached hydrogen (secondary N) is 1. The van der Waals surface area contributed by atoms with Crippen LogP contribution in [0, 0.1) is 5.92 Å². The number of benzene rings is 1. The average Bonchev–Trinajstić information content (AvgIpc) is 2.64. The van der Waals surface area contributed by atoms with Crippen LogP contribution in [0.2, 0.25) is 0 Å². The Kier molecular flexibility index (Phi) is 8.81. The van der Waals surface area contributed by atoms with Gasteiger partial charge in [-0.15, -0.1) is 0 Å². The van der Waals surface area contributed by atoms with Crippen LogP contribution >= 0.6 is 0 Å². The Labute approximate surface area is 149 Å². The molecule has 0 aliphatic heterocycles. The van der Waals surface area contributed by atoms with E-state index in [9.17, 15) is 9.59 Å². The lowest BCUT2D eigenvalue weighted by Gasteiger charge is -2.22. The first-order chi connectivity index (χ1) is 12.0. The summed E-state index contributed by atoms with van der Waals surface area (Å²) in [6.45, 7) is 6.53. The lowest BCUT2D eigenvalue weighted by atomic mass is 9.99. The normalized spacial score (nSPS) is 12.8. The molecule has 1 aromatic carbocycles. The molecule has 0 saturated heterocycles. The van der Waals surface area contributed by atoms with Gasteiger partial charge in [0, 0.05) is 5.56 Å². The molecule has 1 amide bonds. The molecule has 0 heterocycles. The van der Waals surface area contributed by atoms with Crippen LogP contribution in [0.25, 0.3) is 0 Å². The quantitative estimate of drug-likeness (QED) is 0.518. The Morgan fingerprint density at radius 3 is 2.44 bits per heavy atom. The second-order valence-corrected chi connectivity index (χ2v) is 5.93. The second kappa shape index (κ2) is 10.6. The van der Waals surface area contributed by atoms with E-state index in [0.717, 1.165) is 19.3 Å². The molecule has 1 rings (SSSR count). The lowest BCUT2D eigenvalue weighted by molar-refractivity contribution is -0.144. The summed E-state index contributed by atoms with van der Waals surface area (Å²) in [5.41, 5.74) is 0.400. The summed E-state index contributed by atoms with van der Waals surface area (Å²) in [5.74, 6) is 0.249. The summed E-state index contributed by atoms with van der Waals surface area (Å²) < 4.78 is 15.8. The summed E-state index contributed by atoms with van der Waals surface area (Å²) in [6, 6.07) is 4.29. The fourth-order valence-corrected chi connectivity index (χ4v) is 2.28. The number of hydrogen-bond acceptors (Lipinski definition) is 5. The number of carbonyl (C=O) groups is 2. The molecule has 0 spiro atoms. The van der Waals surface area contributed by atoms with E-state index in [0.29, 0.717) is 23.7 Å². The van der Waals surface area contributed by atoms with Gasteiger partial charge in [0.15, 0.2) is 11.5 Å². The highest BCUT2D eigenvalue weighted by Crippen LogP contribution is 2.28. The van der Waals surface area contributed by atoms with Gasteiger partial charge in [0.1, 0.15) is 6.04 Å². The number of hydrogen-bond donors (Lipinski definition) is 1. The largest absolute Gasteiger partial charge is 0.493 e. The maximum atomic E-state index is 12.5. The first kappa shape index (κ1) is 20.8. The van der Waals surface area contributed by atoms with E-state index in [1.165, 1.54) is 14.2 Å². The van der Waals surface area contributed by atoms with Crippen molar-refractivity contribution in [2.75, 3.05) is 20.8 Å². The number of methoxy groups -OCH3 is 2. The molecule has 1 N–H and O–H groups in total. The zero-order valence-electron chi connectivity index (χ0n) is 15.8. The van der Waals surface area contributed by atoms with Gasteiger partial charge in [-0.1, -0.05) is 33.6 Å². The zero-order valence-corrected chi connectivity index (χ0v) is 15.8. The van der Waals surface area contributed by atoms with E-state index in [4.69, 9.17) is 14.2 Å². The maximum Gasteiger partial charge on any atom is 0.328 e. The van der Waals surface area contributed by atoms with Crippen molar-refractivity contribution in [2.45, 2.75) is 46.1 Å². The van der Waals surface area contributed by atoms with E-state index in [1.807, 2.05) is 13.8 Å². The van der Waals surface area contributed by atoms with Gasteiger partial charge < -0.3 is 19.5 Å². The van der Waals surface area contributed by atoms with Gasteiger partial charge in [-0.3, -0.25) is 4.79 Å². The molecular weight excluding hydrogens is 322 g/mol. The van der Waals surface area contributed by atoms with Crippen LogP contribution in [0.15, 0.2) is 18.2 Å². The maximum absolute atomic E-state index is 12.5. The second-order valence-electron chi connectivity index (χ2n) is 5.93. The summed E-state index contributed by atoms with van der Waals surface area (Å²) in [5, 5.41) is 2.75. The number of amides is 1. The molecule has 0 bridgehead atoms. The zero-order chi connectivity index (χ0) is 18.8. The highest BCUT2D eigenvalue weighted by Gasteiger charge is 2.27. The molecule has 0 fully saturated rings. The fraction of sp³-hybridized carbons (Fsp3) is 0.579. The number of carbonyl (C=O) groups excluding carboxylic acids is 2. The van der Waals surface area contributed by atoms with Crippen LogP contribution in [0.3, 0.4) is 0 Å². The standard InChI is InChI=1S/C19H29NO5/c1-6-8-11-25-15-10-9-14(12-16(15)23-4)18(21)20-17(13(3)7-2)19(22)24-5/h9-10,12-13,17H,6-8,11H2,1-5H3,(H,20,21)/t13-,17+/m0/s1. The van der Waals surface area contributed by atoms with E-state index in [1.54, 1.807) is 18.2 Å². The van der Waals surface area contributed by atoms with Crippen LogP contribution in [0.1, 0.15) is 50.4 Å². The summed E-state index contributed by atoms with van der Waals surface area (Å²) >= 11 is 0. The van der Waals surface area contributed by atoms with Crippen molar-refractivity contribution in [3.63, 3.8) is 0 Å². The van der Waals surface area contributed by atoms with E-state index in [-0.39, 0.29) is 11.8 Å². The molecule has 0 unspecified atom stereocenters. The Bertz CT molecular complexity index is 573. The van der Waals surface area contributed by atoms with Crippen LogP contribution in [-0.2, 0) is 9.53 Å². The molecule has 140 valence electrons. The van der Waals surface area contributed by atoms with Crippen LogP contribution < -0.4 is 14.8 Å². The first-order valence-electron chi connectivity index (χ1n) is 8.67. The fourth-order valence-electron chi connectivity index (χ4n) is 2.28. The molecule has 0 saturated carbocycles. The summed E-state index contributed by atoms with van der Waals surface area (Å²) in [4.78, 5) is 24.4. The smallest absolute Gasteiger partial charge is 0.328 e. The highest BCUT2D eigenvalue weighted by molar-refractivity contribution is 5.97. The predicted octanol–water partition coefficient (Wildman–Crippen LogP) is 3.19. The molecule has 0 radical (unpaired) electrons. The molecule has 6 heteroatoms. The van der Waals surface area contributed by atoms with Crippen molar-refractivity contribution >= 4 is 11.9 Å². The monoisotopic (exact) mass is 351 g/mol. The van der Waals surface area contributed by atoms with Gasteiger partial charge in [0.05, 0.1) is 20.8 Å². The van der Waals surface area contributed by atoms with Gasteiger partial charge in [-0.2, -0.15) is 0 Å². The van der Waals surface area contributed by atoms with Crippen molar-refractivity contribution in [2.24, 2.45) is 5.92 Å². The van der Waals surface area contributed by atoms with Gasteiger partial charge in [0.2, 0.25) is 0 Å². The minimum Gasteiger partial charge on any atom is -0.493 e. The highest BCUT2D eigenvalue weighted by atomic mass is 16.5. The Morgan fingerprint density at radius 2 is 1.88 bits per heavy atom. The minimum absolute atomic E-state index is 0.0325. The van der Waals surface area contributed by atoms with Crippen molar-refractivity contribution in [1.82, 2.24) is 5.32 Å². The molecule has 0 aromatic heterocycles. The van der Waals surface area contributed by atoms with E-state index < -0.39 is 12.0 Å². The third kappa shape index (κ3) is 5.96. The molecule has 6 nitrogen and oxygen atoms in total. The molecule has 25 heavy (non-hydrogen) atoms. The first-order valence-corrected chi connectivity index (χ1v) is 8.67. The van der Waals surface area contributed by atoms with Crippen molar-refractivity contribution in [3.05, 3.63) is 23.8 Å². The van der Waals surface area contributed by atoms with Gasteiger partial charge in [-0.05, 0) is 30.5 Å². The predicted molar refractivity (Wildman–Crippen MR) is 96.1 cm³/mol. The third-order valence-corrected chi connectivity index (χ3v) is 4.14. The number of ether oxygens (including phenoxy) is 3. The number of esters is 1. The van der Waals surface area contributed by atoms with E-state index in [2.05, 4.69) is 12.2 Å². The SMILES string of the molecule is CCCCOc1ccc(C(=O)N[C@@H](C(=O)OC)[C@@H](C)CC)cc1OC.